The summed E-state index contributed by atoms with van der Waals surface area (Å²) in [7, 11) is 0. The number of aryl methyl sites for hydroxylation is 1. The number of anilines is 1. The van der Waals surface area contributed by atoms with Gasteiger partial charge in [0.2, 0.25) is 0 Å². The van der Waals surface area contributed by atoms with Crippen molar-refractivity contribution in [2.24, 2.45) is 5.41 Å². The molecule has 1 fully saturated rings. The van der Waals surface area contributed by atoms with E-state index in [2.05, 4.69) is 5.32 Å². The zero-order valence-electron chi connectivity index (χ0n) is 10.3. The van der Waals surface area contributed by atoms with Gasteiger partial charge in [-0.15, -0.1) is 0 Å². The number of carbonyl (C=O) groups is 1. The number of hydrogen-bond donors (Lipinski definition) is 2. The third kappa shape index (κ3) is 1.69. The summed E-state index contributed by atoms with van der Waals surface area (Å²) in [6.07, 6.45) is 2.38. The maximum absolute atomic E-state index is 11.1. The number of benzene rings is 1. The molecule has 2 N–H and O–H groups in total. The number of hydrogen-bond acceptors (Lipinski definition) is 2. The predicted octanol–water partition coefficient (Wildman–Crippen LogP) is 3.41. The summed E-state index contributed by atoms with van der Waals surface area (Å²) >= 11 is 6.31. The van der Waals surface area contributed by atoms with E-state index in [1.54, 1.807) is 0 Å². The maximum Gasteiger partial charge on any atom is 0.303 e. The Bertz CT molecular complexity index is 523. The second kappa shape index (κ2) is 3.89. The largest absolute Gasteiger partial charge is 0.481 e. The van der Waals surface area contributed by atoms with Gasteiger partial charge in [-0.2, -0.15) is 0 Å². The van der Waals surface area contributed by atoms with Crippen molar-refractivity contribution >= 4 is 23.3 Å². The molecule has 96 valence electrons. The molecule has 1 atom stereocenters. The number of carboxylic acids is 1. The minimum atomic E-state index is -0.739. The lowest BCUT2D eigenvalue weighted by atomic mass is 9.76. The van der Waals surface area contributed by atoms with Crippen LogP contribution in [-0.2, 0) is 4.79 Å². The summed E-state index contributed by atoms with van der Waals surface area (Å²) in [6, 6.07) is 3.87. The molecule has 1 saturated carbocycles. The van der Waals surface area contributed by atoms with Crippen molar-refractivity contribution in [3.8, 4) is 0 Å². The van der Waals surface area contributed by atoms with E-state index in [0.29, 0.717) is 5.02 Å². The first-order valence-electron chi connectivity index (χ1n) is 6.28. The first kappa shape index (κ1) is 11.8. The average molecular weight is 266 g/mol. The standard InChI is InChI=1S/C14H16ClNO2/c1-8-2-3-10(15)12-9(6-11(17)18)14(4-5-14)7-16-13(8)12/h2-3,9,16H,4-7H2,1H3,(H,17,18). The molecule has 1 unspecified atom stereocenters. The first-order valence-corrected chi connectivity index (χ1v) is 6.66. The van der Waals surface area contributed by atoms with Crippen LogP contribution in [0.4, 0.5) is 5.69 Å². The number of carboxylic acid groups (broad SMARTS) is 1. The van der Waals surface area contributed by atoms with Gasteiger partial charge in [0.1, 0.15) is 0 Å². The highest BCUT2D eigenvalue weighted by atomic mass is 35.5. The molecule has 4 heteroatoms. The van der Waals surface area contributed by atoms with E-state index in [0.717, 1.165) is 36.2 Å². The molecule has 2 aliphatic rings. The van der Waals surface area contributed by atoms with E-state index in [4.69, 9.17) is 16.7 Å². The van der Waals surface area contributed by atoms with Gasteiger partial charge in [-0.05, 0) is 42.4 Å². The minimum absolute atomic E-state index is 0.0543. The van der Waals surface area contributed by atoms with Crippen LogP contribution < -0.4 is 5.32 Å². The number of aliphatic carboxylic acids is 1. The van der Waals surface area contributed by atoms with Crippen molar-refractivity contribution in [3.05, 3.63) is 28.3 Å². The van der Waals surface area contributed by atoms with Crippen molar-refractivity contribution in [1.29, 1.82) is 0 Å². The van der Waals surface area contributed by atoms with Gasteiger partial charge in [0.15, 0.2) is 0 Å². The minimum Gasteiger partial charge on any atom is -0.481 e. The Balaban J connectivity index is 2.11. The average Bonchev–Trinajstić information content (AvgIpc) is 3.07. The smallest absolute Gasteiger partial charge is 0.303 e. The van der Waals surface area contributed by atoms with Crippen LogP contribution in [0.15, 0.2) is 12.1 Å². The fraction of sp³-hybridized carbons (Fsp3) is 0.500. The van der Waals surface area contributed by atoms with Crippen LogP contribution in [0.5, 0.6) is 0 Å². The lowest BCUT2D eigenvalue weighted by molar-refractivity contribution is -0.137. The summed E-state index contributed by atoms with van der Waals surface area (Å²) in [5.74, 6) is -0.685. The molecule has 1 aliphatic carbocycles. The lowest BCUT2D eigenvalue weighted by Gasteiger charge is -2.35. The Morgan fingerprint density at radius 3 is 2.89 bits per heavy atom. The Morgan fingerprint density at radius 1 is 1.56 bits per heavy atom. The van der Waals surface area contributed by atoms with Gasteiger partial charge < -0.3 is 10.4 Å². The van der Waals surface area contributed by atoms with Gasteiger partial charge in [-0.1, -0.05) is 17.7 Å². The van der Waals surface area contributed by atoms with Gasteiger partial charge in [0, 0.05) is 23.2 Å². The Kier molecular flexibility index (Phi) is 2.56. The molecule has 0 aromatic heterocycles. The van der Waals surface area contributed by atoms with E-state index in [1.165, 1.54) is 0 Å². The second-order valence-corrected chi connectivity index (χ2v) is 5.93. The zero-order chi connectivity index (χ0) is 12.9. The van der Waals surface area contributed by atoms with Gasteiger partial charge >= 0.3 is 5.97 Å². The molecule has 1 aliphatic heterocycles. The van der Waals surface area contributed by atoms with E-state index in [1.807, 2.05) is 19.1 Å². The highest BCUT2D eigenvalue weighted by Gasteiger charge is 2.53. The molecule has 0 bridgehead atoms. The molecule has 1 aromatic carbocycles. The fourth-order valence-corrected chi connectivity index (χ4v) is 3.44. The monoisotopic (exact) mass is 265 g/mol. The van der Waals surface area contributed by atoms with Crippen LogP contribution in [0.25, 0.3) is 0 Å². The summed E-state index contributed by atoms with van der Waals surface area (Å²) in [5, 5.41) is 13.3. The Morgan fingerprint density at radius 2 is 2.28 bits per heavy atom. The summed E-state index contributed by atoms with van der Waals surface area (Å²) in [4.78, 5) is 11.1. The highest BCUT2D eigenvalue weighted by molar-refractivity contribution is 6.32. The van der Waals surface area contributed by atoms with E-state index in [9.17, 15) is 4.79 Å². The number of halogens is 1. The number of fused-ring (bicyclic) bond motifs is 1. The molecular formula is C14H16ClNO2. The molecular weight excluding hydrogens is 250 g/mol. The highest BCUT2D eigenvalue weighted by Crippen LogP contribution is 2.61. The van der Waals surface area contributed by atoms with Gasteiger partial charge in [0.25, 0.3) is 0 Å². The van der Waals surface area contributed by atoms with E-state index in [-0.39, 0.29) is 17.8 Å². The van der Waals surface area contributed by atoms with Crippen LogP contribution in [0, 0.1) is 12.3 Å². The van der Waals surface area contributed by atoms with Crippen LogP contribution in [0.3, 0.4) is 0 Å². The van der Waals surface area contributed by atoms with E-state index < -0.39 is 5.97 Å². The molecule has 0 amide bonds. The van der Waals surface area contributed by atoms with Crippen molar-refractivity contribution in [3.63, 3.8) is 0 Å². The zero-order valence-corrected chi connectivity index (χ0v) is 11.0. The summed E-state index contributed by atoms with van der Waals surface area (Å²) < 4.78 is 0. The molecule has 1 aromatic rings. The first-order chi connectivity index (χ1) is 8.53. The molecule has 18 heavy (non-hydrogen) atoms. The molecule has 0 radical (unpaired) electrons. The van der Waals surface area contributed by atoms with E-state index >= 15 is 0 Å². The molecule has 3 nitrogen and oxygen atoms in total. The summed E-state index contributed by atoms with van der Waals surface area (Å²) in [5.41, 5.74) is 3.33. The third-order valence-electron chi connectivity index (χ3n) is 4.38. The summed E-state index contributed by atoms with van der Waals surface area (Å²) in [6.45, 7) is 2.91. The van der Waals surface area contributed by atoms with Gasteiger partial charge in [-0.25, -0.2) is 0 Å². The molecule has 0 saturated heterocycles. The Labute approximate surface area is 111 Å². The number of nitrogens with one attached hydrogen (secondary N) is 1. The van der Waals surface area contributed by atoms with Crippen molar-refractivity contribution in [2.45, 2.75) is 32.1 Å². The lowest BCUT2D eigenvalue weighted by Crippen LogP contribution is -2.31. The van der Waals surface area contributed by atoms with Crippen LogP contribution in [0.2, 0.25) is 5.02 Å². The SMILES string of the molecule is Cc1ccc(Cl)c2c1NCC1(CC1)C2CC(=O)O. The van der Waals surface area contributed by atoms with Gasteiger partial charge in [0.05, 0.1) is 6.42 Å². The van der Waals surface area contributed by atoms with Crippen molar-refractivity contribution < 1.29 is 9.90 Å². The Hall–Kier alpha value is -1.22. The third-order valence-corrected chi connectivity index (χ3v) is 4.71. The molecule has 3 rings (SSSR count). The normalized spacial score (nSPS) is 23.3. The molecule has 1 heterocycles. The second-order valence-electron chi connectivity index (χ2n) is 5.52. The van der Waals surface area contributed by atoms with Crippen LogP contribution in [-0.4, -0.2) is 17.6 Å². The maximum atomic E-state index is 11.1. The van der Waals surface area contributed by atoms with Crippen molar-refractivity contribution in [2.75, 3.05) is 11.9 Å². The number of rotatable bonds is 2. The topological polar surface area (TPSA) is 49.3 Å². The van der Waals surface area contributed by atoms with Crippen LogP contribution >= 0.6 is 11.6 Å². The van der Waals surface area contributed by atoms with Gasteiger partial charge in [-0.3, -0.25) is 4.79 Å². The fourth-order valence-electron chi connectivity index (χ4n) is 3.15. The van der Waals surface area contributed by atoms with Crippen molar-refractivity contribution in [1.82, 2.24) is 0 Å². The predicted molar refractivity (Wildman–Crippen MR) is 71.3 cm³/mol. The molecule has 1 spiro atoms. The van der Waals surface area contributed by atoms with Crippen LogP contribution in [0.1, 0.15) is 36.3 Å². The quantitative estimate of drug-likeness (QED) is 0.862.